The number of rotatable bonds is 4. The van der Waals surface area contributed by atoms with Crippen LogP contribution in [0.5, 0.6) is 0 Å². The third-order valence-corrected chi connectivity index (χ3v) is 3.36. The van der Waals surface area contributed by atoms with Crippen LogP contribution in [-0.4, -0.2) is 29.1 Å². The van der Waals surface area contributed by atoms with Gasteiger partial charge >= 0.3 is 6.18 Å². The number of amides is 1. The van der Waals surface area contributed by atoms with E-state index in [1.165, 1.54) is 6.92 Å². The summed E-state index contributed by atoms with van der Waals surface area (Å²) >= 11 is 0. The van der Waals surface area contributed by atoms with Crippen LogP contribution < -0.4 is 5.32 Å². The van der Waals surface area contributed by atoms with Gasteiger partial charge in [0, 0.05) is 25.3 Å². The van der Waals surface area contributed by atoms with Crippen LogP contribution in [0.15, 0.2) is 6.07 Å². The number of halogens is 3. The zero-order valence-corrected chi connectivity index (χ0v) is 12.2. The van der Waals surface area contributed by atoms with Gasteiger partial charge in [-0.1, -0.05) is 0 Å². The van der Waals surface area contributed by atoms with Crippen LogP contribution in [0.1, 0.15) is 36.5 Å². The topological polar surface area (TPSA) is 64.1 Å². The monoisotopic (exact) mass is 317 g/mol. The molecule has 1 aliphatic heterocycles. The van der Waals surface area contributed by atoms with Crippen molar-refractivity contribution in [2.75, 3.05) is 13.2 Å². The van der Waals surface area contributed by atoms with Crippen molar-refractivity contribution < 1.29 is 22.7 Å². The number of ether oxygens (including phenoxy) is 1. The maximum Gasteiger partial charge on any atom is 0.433 e. The first-order valence-electron chi connectivity index (χ1n) is 7.11. The average Bonchev–Trinajstić information content (AvgIpc) is 2.45. The van der Waals surface area contributed by atoms with Crippen molar-refractivity contribution in [1.82, 2.24) is 15.3 Å². The fraction of sp³-hybridized carbons (Fsp3) is 0.643. The first kappa shape index (κ1) is 16.7. The molecule has 1 aromatic rings. The van der Waals surface area contributed by atoms with Gasteiger partial charge in [0.1, 0.15) is 11.5 Å². The highest BCUT2D eigenvalue weighted by Gasteiger charge is 2.33. The molecule has 0 unspecified atom stereocenters. The molecule has 1 aliphatic rings. The van der Waals surface area contributed by atoms with Gasteiger partial charge in [0.2, 0.25) is 5.91 Å². The van der Waals surface area contributed by atoms with Gasteiger partial charge < -0.3 is 10.1 Å². The van der Waals surface area contributed by atoms with Gasteiger partial charge in [-0.25, -0.2) is 9.97 Å². The normalized spacial score (nSPS) is 19.0. The van der Waals surface area contributed by atoms with Crippen molar-refractivity contribution in [3.05, 3.63) is 23.3 Å². The molecule has 0 saturated carbocycles. The fourth-order valence-corrected chi connectivity index (χ4v) is 2.33. The average molecular weight is 317 g/mol. The number of carbonyl (C=O) groups excluding carboxylic acids is 1. The Morgan fingerprint density at radius 3 is 2.86 bits per heavy atom. The number of hydrogen-bond acceptors (Lipinski definition) is 4. The van der Waals surface area contributed by atoms with Crippen LogP contribution in [0.25, 0.3) is 0 Å². The number of aryl methyl sites for hydroxylation is 1. The van der Waals surface area contributed by atoms with Crippen LogP contribution in [0.3, 0.4) is 0 Å². The second kappa shape index (κ2) is 7.04. The third kappa shape index (κ3) is 4.94. The second-order valence-electron chi connectivity index (χ2n) is 5.37. The van der Waals surface area contributed by atoms with E-state index in [0.29, 0.717) is 13.0 Å². The summed E-state index contributed by atoms with van der Waals surface area (Å²) in [6.07, 6.45) is -2.37. The van der Waals surface area contributed by atoms with Gasteiger partial charge in [0.25, 0.3) is 0 Å². The largest absolute Gasteiger partial charge is 0.433 e. The van der Waals surface area contributed by atoms with Crippen molar-refractivity contribution in [1.29, 1.82) is 0 Å². The summed E-state index contributed by atoms with van der Waals surface area (Å²) in [7, 11) is 0. The van der Waals surface area contributed by atoms with E-state index in [9.17, 15) is 18.0 Å². The molecule has 1 saturated heterocycles. The molecular weight excluding hydrogens is 299 g/mol. The Morgan fingerprint density at radius 1 is 1.45 bits per heavy atom. The first-order valence-corrected chi connectivity index (χ1v) is 7.11. The van der Waals surface area contributed by atoms with E-state index < -0.39 is 11.9 Å². The zero-order chi connectivity index (χ0) is 16.2. The fourth-order valence-electron chi connectivity index (χ4n) is 2.33. The molecule has 0 bridgehead atoms. The van der Waals surface area contributed by atoms with E-state index in [-0.39, 0.29) is 29.9 Å². The van der Waals surface area contributed by atoms with Gasteiger partial charge in [0.15, 0.2) is 0 Å². The summed E-state index contributed by atoms with van der Waals surface area (Å²) in [4.78, 5) is 19.2. The molecule has 1 N–H and O–H groups in total. The lowest BCUT2D eigenvalue weighted by Gasteiger charge is -2.21. The Kier molecular flexibility index (Phi) is 5.33. The van der Waals surface area contributed by atoms with Gasteiger partial charge in [-0.2, -0.15) is 13.2 Å². The van der Waals surface area contributed by atoms with Crippen molar-refractivity contribution in [3.63, 3.8) is 0 Å². The summed E-state index contributed by atoms with van der Waals surface area (Å²) < 4.78 is 43.3. The maximum atomic E-state index is 12.7. The lowest BCUT2D eigenvalue weighted by atomic mass is 9.98. The first-order chi connectivity index (χ1) is 10.3. The lowest BCUT2D eigenvalue weighted by Crippen LogP contribution is -2.29. The number of nitrogens with zero attached hydrogens (tertiary/aromatic N) is 2. The van der Waals surface area contributed by atoms with Gasteiger partial charge in [-0.3, -0.25) is 4.79 Å². The smallest absolute Gasteiger partial charge is 0.381 e. The molecule has 5 nitrogen and oxygen atoms in total. The van der Waals surface area contributed by atoms with Crippen LogP contribution in [0, 0.1) is 12.8 Å². The molecule has 2 heterocycles. The Morgan fingerprint density at radius 2 is 2.23 bits per heavy atom. The maximum absolute atomic E-state index is 12.7. The summed E-state index contributed by atoms with van der Waals surface area (Å²) in [5.74, 6) is -0.104. The number of alkyl halides is 3. The van der Waals surface area contributed by atoms with E-state index in [0.717, 1.165) is 25.5 Å². The van der Waals surface area contributed by atoms with Crippen LogP contribution in [0.2, 0.25) is 0 Å². The standard InChI is InChI=1S/C14H18F3N3O2/c1-9-5-11(14(15,16)17)20-12(19-9)7-18-13(21)6-10-3-2-4-22-8-10/h5,10H,2-4,6-8H2,1H3,(H,18,21)/t10-/m0/s1. The van der Waals surface area contributed by atoms with Gasteiger partial charge in [-0.05, 0) is 31.7 Å². The molecule has 1 aromatic heterocycles. The predicted octanol–water partition coefficient (Wildman–Crippen LogP) is 2.24. The third-order valence-electron chi connectivity index (χ3n) is 3.36. The number of aromatic nitrogens is 2. The molecule has 0 spiro atoms. The molecular formula is C14H18F3N3O2. The van der Waals surface area contributed by atoms with E-state index in [1.54, 1.807) is 0 Å². The summed E-state index contributed by atoms with van der Waals surface area (Å²) in [6, 6.07) is 0.880. The van der Waals surface area contributed by atoms with E-state index >= 15 is 0 Å². The molecule has 22 heavy (non-hydrogen) atoms. The highest BCUT2D eigenvalue weighted by atomic mass is 19.4. The van der Waals surface area contributed by atoms with Crippen LogP contribution in [-0.2, 0) is 22.3 Å². The highest BCUT2D eigenvalue weighted by molar-refractivity contribution is 5.76. The molecule has 1 fully saturated rings. The molecule has 0 aromatic carbocycles. The Labute approximate surface area is 126 Å². The number of nitrogens with one attached hydrogen (secondary N) is 1. The van der Waals surface area contributed by atoms with Crippen molar-refractivity contribution in [2.24, 2.45) is 5.92 Å². The van der Waals surface area contributed by atoms with E-state index in [1.807, 2.05) is 0 Å². The number of carbonyl (C=O) groups is 1. The van der Waals surface area contributed by atoms with Crippen molar-refractivity contribution in [3.8, 4) is 0 Å². The molecule has 122 valence electrons. The van der Waals surface area contributed by atoms with Crippen molar-refractivity contribution >= 4 is 5.91 Å². The zero-order valence-electron chi connectivity index (χ0n) is 12.2. The minimum atomic E-state index is -4.52. The Bertz CT molecular complexity index is 529. The predicted molar refractivity (Wildman–Crippen MR) is 71.8 cm³/mol. The summed E-state index contributed by atoms with van der Waals surface area (Å²) in [5.41, 5.74) is -0.780. The minimum Gasteiger partial charge on any atom is -0.381 e. The minimum absolute atomic E-state index is 0.0411. The SMILES string of the molecule is Cc1cc(C(F)(F)F)nc(CNC(=O)C[C@@H]2CCCOC2)n1. The molecule has 8 heteroatoms. The van der Waals surface area contributed by atoms with Gasteiger partial charge in [0.05, 0.1) is 6.54 Å². The number of hydrogen-bond donors (Lipinski definition) is 1. The molecule has 0 radical (unpaired) electrons. The van der Waals surface area contributed by atoms with E-state index in [2.05, 4.69) is 15.3 Å². The molecule has 2 rings (SSSR count). The van der Waals surface area contributed by atoms with Crippen molar-refractivity contribution in [2.45, 2.75) is 38.9 Å². The quantitative estimate of drug-likeness (QED) is 0.925. The Balaban J connectivity index is 1.90. The lowest BCUT2D eigenvalue weighted by molar-refractivity contribution is -0.141. The van der Waals surface area contributed by atoms with E-state index in [4.69, 9.17) is 4.74 Å². The highest BCUT2D eigenvalue weighted by Crippen LogP contribution is 2.27. The second-order valence-corrected chi connectivity index (χ2v) is 5.37. The summed E-state index contributed by atoms with van der Waals surface area (Å²) in [6.45, 7) is 2.61. The molecule has 1 atom stereocenters. The molecule has 1 amide bonds. The Hall–Kier alpha value is -1.70. The van der Waals surface area contributed by atoms with Crippen LogP contribution in [0.4, 0.5) is 13.2 Å². The molecule has 0 aliphatic carbocycles. The summed E-state index contributed by atoms with van der Waals surface area (Å²) in [5, 5.41) is 2.57. The van der Waals surface area contributed by atoms with Crippen LogP contribution >= 0.6 is 0 Å². The van der Waals surface area contributed by atoms with Gasteiger partial charge in [-0.15, -0.1) is 0 Å².